The van der Waals surface area contributed by atoms with Gasteiger partial charge in [0, 0.05) is 5.69 Å². The summed E-state index contributed by atoms with van der Waals surface area (Å²) in [5.74, 6) is 1.23. The van der Waals surface area contributed by atoms with Crippen LogP contribution in [-0.4, -0.2) is 24.6 Å². The molecule has 1 aromatic heterocycles. The fourth-order valence-corrected chi connectivity index (χ4v) is 2.67. The number of anilines is 3. The standard InChI is InChI=1S/C22H23N3O3/c1-4-28-18-9-6-16(7-10-18)25-22(26)19-11-8-17(14-23-19)24-20-13-15(2)5-12-21(20)27-3/h5-14,24H,4H2,1-3H3,(H,25,26). The molecule has 1 heterocycles. The van der Waals surface area contributed by atoms with E-state index in [0.717, 1.165) is 28.4 Å². The molecule has 1 amide bonds. The van der Waals surface area contributed by atoms with Crippen molar-refractivity contribution >= 4 is 23.0 Å². The van der Waals surface area contributed by atoms with Gasteiger partial charge in [-0.05, 0) is 67.9 Å². The van der Waals surface area contributed by atoms with Gasteiger partial charge in [0.2, 0.25) is 0 Å². The van der Waals surface area contributed by atoms with Gasteiger partial charge in [0.15, 0.2) is 0 Å². The zero-order chi connectivity index (χ0) is 19.9. The van der Waals surface area contributed by atoms with Gasteiger partial charge in [0.05, 0.1) is 31.3 Å². The fraction of sp³-hybridized carbons (Fsp3) is 0.182. The van der Waals surface area contributed by atoms with Crippen LogP contribution in [0, 0.1) is 6.92 Å². The first kappa shape index (κ1) is 19.2. The zero-order valence-corrected chi connectivity index (χ0v) is 16.2. The topological polar surface area (TPSA) is 72.5 Å². The Balaban J connectivity index is 1.66. The van der Waals surface area contributed by atoms with Gasteiger partial charge in [0.1, 0.15) is 17.2 Å². The van der Waals surface area contributed by atoms with Crippen LogP contribution in [0.3, 0.4) is 0 Å². The molecule has 0 unspecified atom stereocenters. The zero-order valence-electron chi connectivity index (χ0n) is 16.2. The summed E-state index contributed by atoms with van der Waals surface area (Å²) in [6, 6.07) is 16.6. The van der Waals surface area contributed by atoms with E-state index in [2.05, 4.69) is 15.6 Å². The molecule has 0 atom stereocenters. The Bertz CT molecular complexity index is 938. The second kappa shape index (κ2) is 8.90. The molecule has 144 valence electrons. The number of ether oxygens (including phenoxy) is 2. The molecule has 0 aliphatic heterocycles. The van der Waals surface area contributed by atoms with Gasteiger partial charge in [-0.1, -0.05) is 6.07 Å². The first-order valence-corrected chi connectivity index (χ1v) is 9.01. The molecule has 0 saturated carbocycles. The van der Waals surface area contributed by atoms with E-state index >= 15 is 0 Å². The summed E-state index contributed by atoms with van der Waals surface area (Å²) in [5, 5.41) is 6.09. The minimum atomic E-state index is -0.274. The second-order valence-electron chi connectivity index (χ2n) is 6.17. The number of hydrogen-bond donors (Lipinski definition) is 2. The van der Waals surface area contributed by atoms with Crippen LogP contribution in [0.25, 0.3) is 0 Å². The van der Waals surface area contributed by atoms with E-state index in [1.54, 1.807) is 31.5 Å². The number of carbonyl (C=O) groups excluding carboxylic acids is 1. The van der Waals surface area contributed by atoms with Gasteiger partial charge in [-0.2, -0.15) is 0 Å². The maximum Gasteiger partial charge on any atom is 0.274 e. The van der Waals surface area contributed by atoms with Gasteiger partial charge in [-0.3, -0.25) is 4.79 Å². The third kappa shape index (κ3) is 4.79. The molecule has 28 heavy (non-hydrogen) atoms. The molecule has 3 aromatic rings. The Morgan fingerprint density at radius 2 is 1.79 bits per heavy atom. The molecule has 2 N–H and O–H groups in total. The molecule has 6 heteroatoms. The number of hydrogen-bond acceptors (Lipinski definition) is 5. The van der Waals surface area contributed by atoms with Gasteiger partial charge in [-0.15, -0.1) is 0 Å². The largest absolute Gasteiger partial charge is 0.495 e. The fourth-order valence-electron chi connectivity index (χ4n) is 2.67. The number of aromatic nitrogens is 1. The first-order valence-electron chi connectivity index (χ1n) is 9.01. The van der Waals surface area contributed by atoms with Gasteiger partial charge < -0.3 is 20.1 Å². The third-order valence-electron chi connectivity index (χ3n) is 4.05. The molecule has 0 aliphatic rings. The van der Waals surface area contributed by atoms with Gasteiger partial charge >= 0.3 is 0 Å². The highest BCUT2D eigenvalue weighted by molar-refractivity contribution is 6.03. The average Bonchev–Trinajstić information content (AvgIpc) is 2.70. The number of pyridine rings is 1. The second-order valence-corrected chi connectivity index (χ2v) is 6.17. The van der Waals surface area contributed by atoms with Crippen molar-refractivity contribution in [1.29, 1.82) is 0 Å². The normalized spacial score (nSPS) is 10.2. The van der Waals surface area contributed by atoms with Crippen molar-refractivity contribution in [2.75, 3.05) is 24.4 Å². The van der Waals surface area contributed by atoms with Crippen LogP contribution < -0.4 is 20.1 Å². The Kier molecular flexibility index (Phi) is 6.11. The van der Waals surface area contributed by atoms with E-state index in [-0.39, 0.29) is 5.91 Å². The van der Waals surface area contributed by atoms with Crippen LogP contribution in [0.1, 0.15) is 23.0 Å². The maximum atomic E-state index is 12.4. The molecule has 0 saturated heterocycles. The van der Waals surface area contributed by atoms with Crippen molar-refractivity contribution in [2.45, 2.75) is 13.8 Å². The van der Waals surface area contributed by atoms with E-state index in [1.807, 2.05) is 50.2 Å². The lowest BCUT2D eigenvalue weighted by Gasteiger charge is -2.12. The Hall–Kier alpha value is -3.54. The number of rotatable bonds is 7. The Labute approximate surface area is 164 Å². The van der Waals surface area contributed by atoms with Crippen LogP contribution in [0.5, 0.6) is 11.5 Å². The van der Waals surface area contributed by atoms with Crippen molar-refractivity contribution in [1.82, 2.24) is 4.98 Å². The van der Waals surface area contributed by atoms with Crippen molar-refractivity contribution in [3.63, 3.8) is 0 Å². The maximum absolute atomic E-state index is 12.4. The Morgan fingerprint density at radius 3 is 2.43 bits per heavy atom. The summed E-state index contributed by atoms with van der Waals surface area (Å²) in [4.78, 5) is 16.6. The minimum Gasteiger partial charge on any atom is -0.495 e. The molecule has 0 bridgehead atoms. The van der Waals surface area contributed by atoms with Crippen molar-refractivity contribution in [3.8, 4) is 11.5 Å². The molecule has 6 nitrogen and oxygen atoms in total. The highest BCUT2D eigenvalue weighted by atomic mass is 16.5. The summed E-state index contributed by atoms with van der Waals surface area (Å²) in [7, 11) is 1.63. The quantitative estimate of drug-likeness (QED) is 0.619. The monoisotopic (exact) mass is 377 g/mol. The predicted octanol–water partition coefficient (Wildman–Crippen LogP) is 4.79. The number of nitrogens with one attached hydrogen (secondary N) is 2. The van der Waals surface area contributed by atoms with E-state index in [0.29, 0.717) is 18.0 Å². The summed E-state index contributed by atoms with van der Waals surface area (Å²) in [5.41, 5.74) is 3.73. The van der Waals surface area contributed by atoms with Crippen LogP contribution in [0.2, 0.25) is 0 Å². The lowest BCUT2D eigenvalue weighted by Crippen LogP contribution is -2.13. The highest BCUT2D eigenvalue weighted by Crippen LogP contribution is 2.28. The summed E-state index contributed by atoms with van der Waals surface area (Å²) >= 11 is 0. The molecular weight excluding hydrogens is 354 g/mol. The van der Waals surface area contributed by atoms with Crippen molar-refractivity contribution in [2.24, 2.45) is 0 Å². The number of benzene rings is 2. The van der Waals surface area contributed by atoms with Crippen LogP contribution >= 0.6 is 0 Å². The minimum absolute atomic E-state index is 0.274. The smallest absolute Gasteiger partial charge is 0.274 e. The lowest BCUT2D eigenvalue weighted by molar-refractivity contribution is 0.102. The lowest BCUT2D eigenvalue weighted by atomic mass is 10.2. The van der Waals surface area contributed by atoms with Crippen molar-refractivity contribution in [3.05, 3.63) is 72.1 Å². The third-order valence-corrected chi connectivity index (χ3v) is 4.05. The molecule has 0 spiro atoms. The van der Waals surface area contributed by atoms with E-state index < -0.39 is 0 Å². The summed E-state index contributed by atoms with van der Waals surface area (Å²) in [6.07, 6.45) is 1.62. The summed E-state index contributed by atoms with van der Waals surface area (Å²) in [6.45, 7) is 4.54. The number of carbonyl (C=O) groups is 1. The first-order chi connectivity index (χ1) is 13.6. The molecule has 3 rings (SSSR count). The van der Waals surface area contributed by atoms with Crippen LogP contribution in [0.15, 0.2) is 60.8 Å². The number of methoxy groups -OCH3 is 1. The van der Waals surface area contributed by atoms with Crippen molar-refractivity contribution < 1.29 is 14.3 Å². The Morgan fingerprint density at radius 1 is 1.04 bits per heavy atom. The predicted molar refractivity (Wildman–Crippen MR) is 111 cm³/mol. The van der Waals surface area contributed by atoms with Gasteiger partial charge in [-0.25, -0.2) is 4.98 Å². The highest BCUT2D eigenvalue weighted by Gasteiger charge is 2.09. The molecule has 0 aliphatic carbocycles. The van der Waals surface area contributed by atoms with Crippen LogP contribution in [0.4, 0.5) is 17.1 Å². The average molecular weight is 377 g/mol. The molecule has 0 fully saturated rings. The SMILES string of the molecule is CCOc1ccc(NC(=O)c2ccc(Nc3cc(C)ccc3OC)cn2)cc1. The van der Waals surface area contributed by atoms with Gasteiger partial charge in [0.25, 0.3) is 5.91 Å². The van der Waals surface area contributed by atoms with E-state index in [4.69, 9.17) is 9.47 Å². The number of amides is 1. The molecule has 0 radical (unpaired) electrons. The van der Waals surface area contributed by atoms with E-state index in [1.165, 1.54) is 0 Å². The number of aryl methyl sites for hydroxylation is 1. The van der Waals surface area contributed by atoms with Crippen LogP contribution in [-0.2, 0) is 0 Å². The molecular formula is C22H23N3O3. The summed E-state index contributed by atoms with van der Waals surface area (Å²) < 4.78 is 10.8. The van der Waals surface area contributed by atoms with E-state index in [9.17, 15) is 4.79 Å². The number of nitrogens with zero attached hydrogens (tertiary/aromatic N) is 1. The molecule has 2 aromatic carbocycles.